The predicted octanol–water partition coefficient (Wildman–Crippen LogP) is 8.20. The van der Waals surface area contributed by atoms with Gasteiger partial charge in [-0.1, -0.05) is 6.92 Å². The van der Waals surface area contributed by atoms with E-state index in [2.05, 4.69) is 0 Å². The molecule has 0 fully saturated rings. The second kappa shape index (κ2) is 11.1. The Balaban J connectivity index is 2.22. The molecule has 0 aromatic heterocycles. The van der Waals surface area contributed by atoms with Gasteiger partial charge in [0.05, 0.1) is 28.5 Å². The molecule has 1 aliphatic heterocycles. The molecule has 0 radical (unpaired) electrons. The van der Waals surface area contributed by atoms with Crippen molar-refractivity contribution in [1.82, 2.24) is 4.90 Å². The molecule has 0 N–H and O–H groups in total. The van der Waals surface area contributed by atoms with Gasteiger partial charge in [0, 0.05) is 13.5 Å². The first kappa shape index (κ1) is 32.1. The summed E-state index contributed by atoms with van der Waals surface area (Å²) < 4.78 is 127. The number of halogens is 9. The number of alkyl halides is 9. The van der Waals surface area contributed by atoms with E-state index in [1.165, 1.54) is 20.8 Å². The number of amides is 2. The standard InChI is InChI=1S/C27H27F9N2O3/c1-5-24(37(16(4)39)14-17-10-20(26(31,32)33)13-21(11-17)27(34,35)36)9-8-18-12-19(25(28,29)30)6-7-22(18)38(24)23(40)41-15(2)3/h6-7,10-13,15H,5,8-9,14H2,1-4H3. The number of carbonyl (C=O) groups is 2. The molecule has 1 unspecified atom stereocenters. The lowest BCUT2D eigenvalue weighted by molar-refractivity contribution is -0.143. The van der Waals surface area contributed by atoms with Crippen LogP contribution in [0.5, 0.6) is 0 Å². The van der Waals surface area contributed by atoms with Crippen molar-refractivity contribution in [2.24, 2.45) is 0 Å². The molecule has 1 atom stereocenters. The molecule has 3 rings (SSSR count). The summed E-state index contributed by atoms with van der Waals surface area (Å²) in [7, 11) is 0. The maximum atomic E-state index is 13.5. The van der Waals surface area contributed by atoms with E-state index >= 15 is 0 Å². The van der Waals surface area contributed by atoms with Gasteiger partial charge >= 0.3 is 24.6 Å². The third-order valence-electron chi connectivity index (χ3n) is 6.81. The summed E-state index contributed by atoms with van der Waals surface area (Å²) in [6.45, 7) is 4.82. The van der Waals surface area contributed by atoms with Crippen LogP contribution in [0.2, 0.25) is 0 Å². The second-order valence-electron chi connectivity index (χ2n) is 9.96. The van der Waals surface area contributed by atoms with Crippen molar-refractivity contribution >= 4 is 17.7 Å². The lowest BCUT2D eigenvalue weighted by Gasteiger charge is -2.52. The Morgan fingerprint density at radius 2 is 1.44 bits per heavy atom. The Labute approximate surface area is 229 Å². The highest BCUT2D eigenvalue weighted by atomic mass is 19.4. The Morgan fingerprint density at radius 3 is 1.88 bits per heavy atom. The van der Waals surface area contributed by atoms with Crippen LogP contribution in [0.1, 0.15) is 68.4 Å². The summed E-state index contributed by atoms with van der Waals surface area (Å²) in [6, 6.07) is 3.55. The molecule has 0 bridgehead atoms. The zero-order valence-electron chi connectivity index (χ0n) is 22.4. The highest BCUT2D eigenvalue weighted by Gasteiger charge is 2.50. The Kier molecular flexibility index (Phi) is 8.67. The van der Waals surface area contributed by atoms with Gasteiger partial charge in [0.15, 0.2) is 0 Å². The lowest BCUT2D eigenvalue weighted by atomic mass is 9.86. The molecule has 5 nitrogen and oxygen atoms in total. The molecule has 1 heterocycles. The molecule has 1 aliphatic rings. The second-order valence-corrected chi connectivity index (χ2v) is 9.96. The van der Waals surface area contributed by atoms with Crippen LogP contribution in [0.25, 0.3) is 0 Å². The summed E-state index contributed by atoms with van der Waals surface area (Å²) in [5.74, 6) is -0.796. The average molecular weight is 599 g/mol. The van der Waals surface area contributed by atoms with Gasteiger partial charge in [-0.05, 0) is 80.6 Å². The van der Waals surface area contributed by atoms with Crippen LogP contribution >= 0.6 is 0 Å². The van der Waals surface area contributed by atoms with Gasteiger partial charge in [-0.25, -0.2) is 4.79 Å². The molecular weight excluding hydrogens is 571 g/mol. The zero-order valence-corrected chi connectivity index (χ0v) is 22.4. The van der Waals surface area contributed by atoms with E-state index in [-0.39, 0.29) is 36.6 Å². The van der Waals surface area contributed by atoms with Crippen LogP contribution in [0.3, 0.4) is 0 Å². The van der Waals surface area contributed by atoms with Crippen molar-refractivity contribution in [3.63, 3.8) is 0 Å². The van der Waals surface area contributed by atoms with Crippen molar-refractivity contribution in [1.29, 1.82) is 0 Å². The van der Waals surface area contributed by atoms with Gasteiger partial charge in [-0.15, -0.1) is 0 Å². The number of fused-ring (bicyclic) bond motifs is 1. The Morgan fingerprint density at radius 1 is 0.902 bits per heavy atom. The van der Waals surface area contributed by atoms with Crippen molar-refractivity contribution < 1.29 is 53.8 Å². The largest absolute Gasteiger partial charge is 0.446 e. The smallest absolute Gasteiger partial charge is 0.416 e. The fourth-order valence-corrected chi connectivity index (χ4v) is 5.00. The predicted molar refractivity (Wildman–Crippen MR) is 130 cm³/mol. The minimum absolute atomic E-state index is 0.0250. The van der Waals surface area contributed by atoms with Crippen LogP contribution in [0, 0.1) is 0 Å². The van der Waals surface area contributed by atoms with E-state index in [9.17, 15) is 49.1 Å². The van der Waals surface area contributed by atoms with Gasteiger partial charge < -0.3 is 9.64 Å². The molecule has 2 aromatic carbocycles. The molecule has 2 amide bonds. The van der Waals surface area contributed by atoms with Gasteiger partial charge in [-0.2, -0.15) is 39.5 Å². The van der Waals surface area contributed by atoms with E-state index < -0.39 is 71.1 Å². The number of rotatable bonds is 5. The van der Waals surface area contributed by atoms with Gasteiger partial charge in [0.2, 0.25) is 5.91 Å². The summed E-state index contributed by atoms with van der Waals surface area (Å²) in [4.78, 5) is 28.4. The van der Waals surface area contributed by atoms with Crippen LogP contribution in [0.4, 0.5) is 50.0 Å². The minimum atomic E-state index is -5.13. The zero-order chi connectivity index (χ0) is 31.1. The van der Waals surface area contributed by atoms with Crippen molar-refractivity contribution in [3.8, 4) is 0 Å². The number of nitrogens with zero attached hydrogens (tertiary/aromatic N) is 2. The van der Waals surface area contributed by atoms with Gasteiger partial charge in [0.25, 0.3) is 0 Å². The van der Waals surface area contributed by atoms with Gasteiger partial charge in [0.1, 0.15) is 5.66 Å². The molecule has 226 valence electrons. The summed E-state index contributed by atoms with van der Waals surface area (Å²) >= 11 is 0. The molecule has 0 aliphatic carbocycles. The number of hydrogen-bond donors (Lipinski definition) is 0. The summed E-state index contributed by atoms with van der Waals surface area (Å²) in [5.41, 5.74) is -6.27. The van der Waals surface area contributed by atoms with Crippen molar-refractivity contribution in [2.75, 3.05) is 4.90 Å². The van der Waals surface area contributed by atoms with E-state index in [1.807, 2.05) is 0 Å². The summed E-state index contributed by atoms with van der Waals surface area (Å²) in [5, 5.41) is 0. The number of ether oxygens (including phenoxy) is 1. The first-order valence-corrected chi connectivity index (χ1v) is 12.5. The van der Waals surface area contributed by atoms with E-state index in [1.54, 1.807) is 0 Å². The molecular formula is C27H27F9N2O3. The number of aryl methyl sites for hydroxylation is 1. The van der Waals surface area contributed by atoms with Crippen molar-refractivity contribution in [3.05, 3.63) is 64.2 Å². The SMILES string of the molecule is CCC1(N(Cc2cc(C(F)(F)F)cc(C(F)(F)F)c2)C(C)=O)CCc2cc(C(F)(F)F)ccc2N1C(=O)OC(C)C. The summed E-state index contributed by atoms with van der Waals surface area (Å²) in [6.07, 6.45) is -17.0. The van der Waals surface area contributed by atoms with Gasteiger partial charge in [-0.3, -0.25) is 9.69 Å². The number of anilines is 1. The Hall–Kier alpha value is -3.45. The third kappa shape index (κ3) is 6.72. The highest BCUT2D eigenvalue weighted by molar-refractivity contribution is 5.92. The highest BCUT2D eigenvalue weighted by Crippen LogP contribution is 2.45. The molecule has 0 saturated heterocycles. The monoisotopic (exact) mass is 598 g/mol. The normalized spacial score (nSPS) is 17.9. The van der Waals surface area contributed by atoms with E-state index in [0.29, 0.717) is 12.1 Å². The maximum Gasteiger partial charge on any atom is 0.416 e. The minimum Gasteiger partial charge on any atom is -0.446 e. The average Bonchev–Trinajstić information content (AvgIpc) is 2.83. The fourth-order valence-electron chi connectivity index (χ4n) is 5.00. The first-order valence-electron chi connectivity index (χ1n) is 12.5. The maximum absolute atomic E-state index is 13.5. The molecule has 41 heavy (non-hydrogen) atoms. The van der Waals surface area contributed by atoms with Crippen LogP contribution in [-0.4, -0.2) is 28.7 Å². The fraction of sp³-hybridized carbons (Fsp3) is 0.481. The van der Waals surface area contributed by atoms with Crippen LogP contribution in [0.15, 0.2) is 36.4 Å². The quantitative estimate of drug-likeness (QED) is 0.326. The number of carbonyl (C=O) groups excluding carboxylic acids is 2. The molecule has 2 aromatic rings. The third-order valence-corrected chi connectivity index (χ3v) is 6.81. The van der Waals surface area contributed by atoms with Crippen LogP contribution in [-0.2, 0) is 41.0 Å². The topological polar surface area (TPSA) is 49.9 Å². The Bertz CT molecular complexity index is 1270. The lowest BCUT2D eigenvalue weighted by Crippen LogP contribution is -2.65. The molecule has 14 heteroatoms. The van der Waals surface area contributed by atoms with Crippen molar-refractivity contribution in [2.45, 2.75) is 83.8 Å². The number of hydrogen-bond acceptors (Lipinski definition) is 3. The van der Waals surface area contributed by atoms with E-state index in [4.69, 9.17) is 4.74 Å². The number of benzene rings is 2. The molecule has 0 spiro atoms. The van der Waals surface area contributed by atoms with Crippen LogP contribution < -0.4 is 4.90 Å². The molecule has 0 saturated carbocycles. The first-order chi connectivity index (χ1) is 18.7. The van der Waals surface area contributed by atoms with E-state index in [0.717, 1.165) is 34.9 Å².